The molecule has 0 aliphatic carbocycles. The molecule has 0 amide bonds. The zero-order chi connectivity index (χ0) is 38.6. The van der Waals surface area contributed by atoms with Gasteiger partial charge >= 0.3 is 132 Å². The molecular weight excluding hydrogens is 939 g/mol. The van der Waals surface area contributed by atoms with Crippen LogP contribution in [0.25, 0.3) is 83.2 Å². The van der Waals surface area contributed by atoms with E-state index in [2.05, 4.69) is 116 Å². The van der Waals surface area contributed by atoms with Crippen LogP contribution < -0.4 is 4.40 Å². The van der Waals surface area contributed by atoms with E-state index >= 15 is 0 Å². The first kappa shape index (κ1) is 38.6. The van der Waals surface area contributed by atoms with Gasteiger partial charge in [-0.15, -0.1) is 18.2 Å². The van der Waals surface area contributed by atoms with Gasteiger partial charge in [-0.2, -0.15) is 0 Å². The molecule has 0 aliphatic rings. The number of para-hydroxylation sites is 5. The minimum atomic E-state index is -1.90. The summed E-state index contributed by atoms with van der Waals surface area (Å²) >= 11 is -1.90. The maximum Gasteiger partial charge on any atom is 0.158 e. The smallest absolute Gasteiger partial charge is 0.158 e. The van der Waals surface area contributed by atoms with Gasteiger partial charge in [-0.25, -0.2) is 0 Å². The van der Waals surface area contributed by atoms with Gasteiger partial charge in [0.2, 0.25) is 0 Å². The molecule has 10 rings (SSSR count). The van der Waals surface area contributed by atoms with E-state index in [0.29, 0.717) is 5.41 Å². The van der Waals surface area contributed by atoms with Gasteiger partial charge in [-0.05, 0) is 30.3 Å². The fourth-order valence-electron chi connectivity index (χ4n) is 7.79. The summed E-state index contributed by atoms with van der Waals surface area (Å²) in [5, 5.41) is 4.31. The summed E-state index contributed by atoms with van der Waals surface area (Å²) in [4.78, 5) is 9.79. The molecule has 0 bridgehead atoms. The third-order valence-electron chi connectivity index (χ3n) is 10.3. The molecule has 4 aromatic heterocycles. The van der Waals surface area contributed by atoms with Crippen molar-refractivity contribution in [3.05, 3.63) is 157 Å². The third-order valence-corrected chi connectivity index (χ3v) is 14.6. The van der Waals surface area contributed by atoms with Crippen molar-refractivity contribution < 1.29 is 28.9 Å². The van der Waals surface area contributed by atoms with Crippen molar-refractivity contribution in [2.75, 3.05) is 0 Å². The molecule has 0 saturated heterocycles. The summed E-state index contributed by atoms with van der Waals surface area (Å²) in [7, 11) is 0. The molecule has 1 radical (unpaired) electrons. The van der Waals surface area contributed by atoms with Gasteiger partial charge in [0.05, 0.1) is 28.1 Å². The molecule has 0 fully saturated rings. The number of aromatic nitrogens is 3. The Bertz CT molecular complexity index is 3040. The van der Waals surface area contributed by atoms with E-state index in [4.69, 9.17) is 18.8 Å². The molecule has 6 aromatic carbocycles. The first-order valence-electron chi connectivity index (χ1n) is 19.2. The van der Waals surface area contributed by atoms with Crippen LogP contribution in [0.4, 0.5) is 0 Å². The van der Waals surface area contributed by atoms with Crippen LogP contribution in [0.15, 0.2) is 148 Å². The van der Waals surface area contributed by atoms with Crippen LogP contribution in [0.5, 0.6) is 0 Å². The summed E-state index contributed by atoms with van der Waals surface area (Å²) in [6, 6.07) is 51.8. The Hall–Kier alpha value is -5.27. The quantitative estimate of drug-likeness (QED) is 0.127. The first-order valence-corrected chi connectivity index (χ1v) is 26.5. The summed E-state index contributed by atoms with van der Waals surface area (Å²) in [6.07, 6.45) is 3.24. The number of pyridine rings is 1. The molecule has 7 heteroatoms. The summed E-state index contributed by atoms with van der Waals surface area (Å²) < 4.78 is 16.4. The number of hydrogen-bond donors (Lipinski definition) is 0. The fraction of sp³-hybridized carbons (Fsp3) is 0.160. The van der Waals surface area contributed by atoms with Crippen molar-refractivity contribution in [3.63, 3.8) is 0 Å². The summed E-state index contributed by atoms with van der Waals surface area (Å²) in [6.45, 7) is 6.92. The number of furan rings is 2. The van der Waals surface area contributed by atoms with E-state index in [-0.39, 0.29) is 20.1 Å². The minimum absolute atomic E-state index is 0. The van der Waals surface area contributed by atoms with Gasteiger partial charge in [-0.1, -0.05) is 71.6 Å². The molecule has 0 spiro atoms. The number of imidazole rings is 1. The van der Waals surface area contributed by atoms with Crippen LogP contribution in [0.3, 0.4) is 0 Å². The van der Waals surface area contributed by atoms with Crippen LogP contribution in [0, 0.1) is 17.5 Å². The van der Waals surface area contributed by atoms with Crippen LogP contribution in [0.2, 0.25) is 17.3 Å². The second kappa shape index (κ2) is 15.2. The zero-order valence-corrected chi connectivity index (χ0v) is 37.5. The molecule has 0 unspecified atom stereocenters. The standard InChI is InChI=1S/C31H17N2O2.C19H26GeN.Ir/c1-5-17-27-19(9-1)21-11-7-13-23(29(21)34-27)31-32-24-14-3-4-15-25(24)33(31)26-16-8-12-22-20-10-2-6-18-28(20)35-30(22)26;1-19(2,3)13-16-12-18(15-10-8-7-9-11-15)21-14-17(16)20(4,5)6;/h1-12,14-18H;7-10,12,14H,13H2,1-6H3;/q2*-1;. The Labute approximate surface area is 349 Å². The molecule has 0 atom stereocenters. The number of hydrogen-bond acceptors (Lipinski definition) is 4. The Morgan fingerprint density at radius 2 is 1.32 bits per heavy atom. The van der Waals surface area contributed by atoms with E-state index < -0.39 is 13.3 Å². The van der Waals surface area contributed by atoms with Crippen LogP contribution in [-0.2, 0) is 26.5 Å². The van der Waals surface area contributed by atoms with Crippen molar-refractivity contribution in [2.45, 2.75) is 44.5 Å². The van der Waals surface area contributed by atoms with Crippen LogP contribution in [0.1, 0.15) is 26.3 Å². The Kier molecular flexibility index (Phi) is 10.3. The van der Waals surface area contributed by atoms with Crippen LogP contribution in [-0.4, -0.2) is 27.8 Å². The predicted molar refractivity (Wildman–Crippen MR) is 235 cm³/mol. The molecular formula is C50H43GeIrN3O2-2. The van der Waals surface area contributed by atoms with Gasteiger partial charge in [0.1, 0.15) is 11.2 Å². The first-order chi connectivity index (χ1) is 27.0. The number of benzene rings is 6. The van der Waals surface area contributed by atoms with E-state index in [1.54, 1.807) is 0 Å². The van der Waals surface area contributed by atoms with Gasteiger partial charge < -0.3 is 13.4 Å². The molecule has 10 aromatic rings. The van der Waals surface area contributed by atoms with Crippen molar-refractivity contribution in [1.29, 1.82) is 0 Å². The minimum Gasteiger partial charge on any atom is -0.501 e. The van der Waals surface area contributed by atoms with Crippen molar-refractivity contribution in [1.82, 2.24) is 14.5 Å². The Morgan fingerprint density at radius 3 is 2.02 bits per heavy atom. The van der Waals surface area contributed by atoms with Crippen molar-refractivity contribution >= 4 is 72.6 Å². The van der Waals surface area contributed by atoms with Gasteiger partial charge in [0, 0.05) is 36.3 Å². The molecule has 0 saturated carbocycles. The summed E-state index contributed by atoms with van der Waals surface area (Å²) in [5.74, 6) is 8.09. The topological polar surface area (TPSA) is 57.0 Å². The van der Waals surface area contributed by atoms with E-state index in [1.807, 2.05) is 78.9 Å². The van der Waals surface area contributed by atoms with Gasteiger partial charge in [0.25, 0.3) is 0 Å². The van der Waals surface area contributed by atoms with Crippen molar-refractivity contribution in [2.24, 2.45) is 5.41 Å². The number of rotatable bonds is 5. The monoisotopic (exact) mass is 984 g/mol. The van der Waals surface area contributed by atoms with E-state index in [0.717, 1.165) is 89.7 Å². The Morgan fingerprint density at radius 1 is 0.667 bits per heavy atom. The van der Waals surface area contributed by atoms with E-state index in [1.165, 1.54) is 9.96 Å². The molecule has 285 valence electrons. The predicted octanol–water partition coefficient (Wildman–Crippen LogP) is 13.0. The maximum atomic E-state index is 6.40. The average Bonchev–Trinajstić information content (AvgIpc) is 3.89. The SMILES string of the molecule is CC(C)(C)Cc1cc(-c2[c-]cccc2)nc[c]1[Ge]([CH3])([CH3])[CH3].[Ir].[c-]1ccc2c(oc3ccccc32)c1-c1nc2ccccc2n1-c1cccc2c1oc1ccccc12. The molecule has 5 nitrogen and oxygen atoms in total. The second-order valence-electron chi connectivity index (χ2n) is 16.7. The summed E-state index contributed by atoms with van der Waals surface area (Å²) in [5.41, 5.74) is 10.9. The fourth-order valence-corrected chi connectivity index (χ4v) is 11.1. The Balaban J connectivity index is 0.000000179. The van der Waals surface area contributed by atoms with Gasteiger partial charge in [-0.3, -0.25) is 4.98 Å². The maximum absolute atomic E-state index is 6.40. The molecule has 4 heterocycles. The second-order valence-corrected chi connectivity index (χ2v) is 27.3. The largest absolute Gasteiger partial charge is 0.501 e. The number of nitrogens with zero attached hydrogens (tertiary/aromatic N) is 3. The molecule has 57 heavy (non-hydrogen) atoms. The van der Waals surface area contributed by atoms with Gasteiger partial charge in [0.15, 0.2) is 5.58 Å². The van der Waals surface area contributed by atoms with E-state index in [9.17, 15) is 0 Å². The normalized spacial score (nSPS) is 12.0. The third kappa shape index (κ3) is 7.38. The van der Waals surface area contributed by atoms with Crippen LogP contribution >= 0.6 is 0 Å². The zero-order valence-electron chi connectivity index (χ0n) is 33.0. The number of fused-ring (bicyclic) bond motifs is 7. The molecule has 0 aliphatic heterocycles. The van der Waals surface area contributed by atoms with Crippen molar-refractivity contribution in [3.8, 4) is 28.3 Å². The molecule has 0 N–H and O–H groups in total. The average molecular weight is 983 g/mol.